The third-order valence-electron chi connectivity index (χ3n) is 5.66. The van der Waals surface area contributed by atoms with Gasteiger partial charge in [-0.2, -0.15) is 0 Å². The van der Waals surface area contributed by atoms with E-state index in [0.717, 1.165) is 23.9 Å². The Kier molecular flexibility index (Phi) is 4.25. The van der Waals surface area contributed by atoms with E-state index >= 15 is 0 Å². The quantitative estimate of drug-likeness (QED) is 0.810. The van der Waals surface area contributed by atoms with Crippen LogP contribution in [0, 0.1) is 11.8 Å². The fourth-order valence-corrected chi connectivity index (χ4v) is 4.42. The van der Waals surface area contributed by atoms with E-state index in [4.69, 9.17) is 0 Å². The molecule has 3 fully saturated rings. The molecule has 1 N–H and O–H groups in total. The third-order valence-corrected chi connectivity index (χ3v) is 5.66. The lowest BCUT2D eigenvalue weighted by Gasteiger charge is -2.42. The Hall–Kier alpha value is -0.0800. The summed E-state index contributed by atoms with van der Waals surface area (Å²) in [6.45, 7) is 6.46. The molecular formula is C16H30N2. The summed E-state index contributed by atoms with van der Waals surface area (Å²) in [4.78, 5) is 2.85. The van der Waals surface area contributed by atoms with Crippen molar-refractivity contribution in [2.75, 3.05) is 19.6 Å². The Morgan fingerprint density at radius 3 is 2.50 bits per heavy atom. The minimum absolute atomic E-state index is 0.843. The van der Waals surface area contributed by atoms with Crippen LogP contribution in [0.2, 0.25) is 0 Å². The number of hydrogen-bond acceptors (Lipinski definition) is 2. The van der Waals surface area contributed by atoms with Gasteiger partial charge in [0.15, 0.2) is 0 Å². The summed E-state index contributed by atoms with van der Waals surface area (Å²) in [7, 11) is 0. The Morgan fingerprint density at radius 2 is 1.78 bits per heavy atom. The van der Waals surface area contributed by atoms with Gasteiger partial charge < -0.3 is 10.2 Å². The average molecular weight is 250 g/mol. The van der Waals surface area contributed by atoms with Gasteiger partial charge in [-0.1, -0.05) is 6.92 Å². The molecule has 0 spiro atoms. The van der Waals surface area contributed by atoms with Gasteiger partial charge in [-0.3, -0.25) is 0 Å². The molecule has 3 aliphatic rings. The SMILES string of the molecule is CC1CCC(N2CCCC(C3CCCN3)C2)CC1. The van der Waals surface area contributed by atoms with Gasteiger partial charge in [0, 0.05) is 18.6 Å². The first kappa shape index (κ1) is 12.9. The van der Waals surface area contributed by atoms with Gasteiger partial charge in [0.2, 0.25) is 0 Å². The van der Waals surface area contributed by atoms with Gasteiger partial charge in [-0.15, -0.1) is 0 Å². The maximum atomic E-state index is 3.73. The van der Waals surface area contributed by atoms with Crippen molar-refractivity contribution in [3.63, 3.8) is 0 Å². The van der Waals surface area contributed by atoms with E-state index in [1.807, 2.05) is 0 Å². The molecule has 0 aromatic rings. The van der Waals surface area contributed by atoms with Crippen molar-refractivity contribution in [1.29, 1.82) is 0 Å². The van der Waals surface area contributed by atoms with Crippen LogP contribution in [0.5, 0.6) is 0 Å². The van der Waals surface area contributed by atoms with E-state index in [2.05, 4.69) is 17.1 Å². The van der Waals surface area contributed by atoms with Gasteiger partial charge in [-0.25, -0.2) is 0 Å². The smallest absolute Gasteiger partial charge is 0.0108 e. The molecule has 1 saturated carbocycles. The van der Waals surface area contributed by atoms with E-state index in [9.17, 15) is 0 Å². The van der Waals surface area contributed by atoms with Crippen molar-refractivity contribution in [1.82, 2.24) is 10.2 Å². The number of nitrogens with one attached hydrogen (secondary N) is 1. The lowest BCUT2D eigenvalue weighted by Crippen LogP contribution is -2.48. The van der Waals surface area contributed by atoms with E-state index < -0.39 is 0 Å². The van der Waals surface area contributed by atoms with Crippen LogP contribution < -0.4 is 5.32 Å². The van der Waals surface area contributed by atoms with Crippen LogP contribution in [0.3, 0.4) is 0 Å². The highest BCUT2D eigenvalue weighted by molar-refractivity contribution is 4.89. The van der Waals surface area contributed by atoms with Crippen LogP contribution in [-0.2, 0) is 0 Å². The molecule has 0 aromatic carbocycles. The van der Waals surface area contributed by atoms with Crippen LogP contribution in [0.25, 0.3) is 0 Å². The predicted molar refractivity (Wildman–Crippen MR) is 76.7 cm³/mol. The summed E-state index contributed by atoms with van der Waals surface area (Å²) in [6.07, 6.45) is 11.6. The van der Waals surface area contributed by atoms with Crippen molar-refractivity contribution in [2.24, 2.45) is 11.8 Å². The van der Waals surface area contributed by atoms with Crippen LogP contribution in [0.1, 0.15) is 58.3 Å². The molecule has 2 aliphatic heterocycles. The third kappa shape index (κ3) is 2.91. The molecule has 0 radical (unpaired) electrons. The molecule has 0 aromatic heterocycles. The summed E-state index contributed by atoms with van der Waals surface area (Å²) in [5, 5.41) is 3.73. The van der Waals surface area contributed by atoms with E-state index in [0.29, 0.717) is 0 Å². The molecule has 2 atom stereocenters. The summed E-state index contributed by atoms with van der Waals surface area (Å²) in [6, 6.07) is 1.76. The van der Waals surface area contributed by atoms with Crippen molar-refractivity contribution < 1.29 is 0 Å². The second-order valence-electron chi connectivity index (χ2n) is 7.01. The van der Waals surface area contributed by atoms with Crippen LogP contribution >= 0.6 is 0 Å². The molecular weight excluding hydrogens is 220 g/mol. The topological polar surface area (TPSA) is 15.3 Å². The summed E-state index contributed by atoms with van der Waals surface area (Å²) < 4.78 is 0. The van der Waals surface area contributed by atoms with Crippen LogP contribution in [0.4, 0.5) is 0 Å². The predicted octanol–water partition coefficient (Wildman–Crippen LogP) is 3.03. The van der Waals surface area contributed by atoms with Crippen molar-refractivity contribution in [2.45, 2.75) is 70.4 Å². The zero-order valence-electron chi connectivity index (χ0n) is 12.0. The van der Waals surface area contributed by atoms with Gasteiger partial charge in [0.1, 0.15) is 0 Å². The number of hydrogen-bond donors (Lipinski definition) is 1. The fourth-order valence-electron chi connectivity index (χ4n) is 4.42. The fraction of sp³-hybridized carbons (Fsp3) is 1.00. The minimum Gasteiger partial charge on any atom is -0.314 e. The summed E-state index contributed by atoms with van der Waals surface area (Å²) in [5.74, 6) is 1.93. The van der Waals surface area contributed by atoms with Crippen LogP contribution in [-0.4, -0.2) is 36.6 Å². The van der Waals surface area contributed by atoms with Gasteiger partial charge in [0.05, 0.1) is 0 Å². The Morgan fingerprint density at radius 1 is 0.944 bits per heavy atom. The first-order chi connectivity index (χ1) is 8.83. The van der Waals surface area contributed by atoms with Gasteiger partial charge in [-0.05, 0) is 76.3 Å². The Bertz CT molecular complexity index is 252. The highest BCUT2D eigenvalue weighted by Crippen LogP contribution is 2.31. The van der Waals surface area contributed by atoms with Crippen molar-refractivity contribution in [3.05, 3.63) is 0 Å². The molecule has 0 amide bonds. The number of nitrogens with zero attached hydrogens (tertiary/aromatic N) is 1. The number of rotatable bonds is 2. The first-order valence-corrected chi connectivity index (χ1v) is 8.30. The summed E-state index contributed by atoms with van der Waals surface area (Å²) in [5.41, 5.74) is 0. The Labute approximate surface area is 113 Å². The second kappa shape index (κ2) is 5.92. The maximum absolute atomic E-state index is 3.73. The molecule has 2 heteroatoms. The Balaban J connectivity index is 1.53. The molecule has 2 unspecified atom stereocenters. The molecule has 0 bridgehead atoms. The van der Waals surface area contributed by atoms with E-state index in [-0.39, 0.29) is 0 Å². The molecule has 1 aliphatic carbocycles. The average Bonchev–Trinajstić information content (AvgIpc) is 2.94. The van der Waals surface area contributed by atoms with Gasteiger partial charge >= 0.3 is 0 Å². The van der Waals surface area contributed by atoms with E-state index in [1.165, 1.54) is 71.0 Å². The molecule has 18 heavy (non-hydrogen) atoms. The van der Waals surface area contributed by atoms with E-state index in [1.54, 1.807) is 0 Å². The normalized spacial score (nSPS) is 43.2. The molecule has 104 valence electrons. The molecule has 3 rings (SSSR count). The lowest BCUT2D eigenvalue weighted by atomic mass is 9.83. The number of likely N-dealkylation sites (tertiary alicyclic amines) is 1. The maximum Gasteiger partial charge on any atom is 0.0108 e. The number of piperidine rings is 1. The highest BCUT2D eigenvalue weighted by Gasteiger charge is 2.32. The highest BCUT2D eigenvalue weighted by atomic mass is 15.2. The standard InChI is InChI=1S/C16H30N2/c1-13-6-8-15(9-7-13)18-11-3-4-14(12-18)16-5-2-10-17-16/h13-17H,2-12H2,1H3. The second-order valence-corrected chi connectivity index (χ2v) is 7.01. The van der Waals surface area contributed by atoms with Crippen molar-refractivity contribution in [3.8, 4) is 0 Å². The van der Waals surface area contributed by atoms with Crippen LogP contribution in [0.15, 0.2) is 0 Å². The molecule has 2 heterocycles. The zero-order chi connectivity index (χ0) is 12.4. The monoisotopic (exact) mass is 250 g/mol. The minimum atomic E-state index is 0.843. The van der Waals surface area contributed by atoms with Crippen molar-refractivity contribution >= 4 is 0 Å². The molecule has 2 saturated heterocycles. The summed E-state index contributed by atoms with van der Waals surface area (Å²) >= 11 is 0. The largest absolute Gasteiger partial charge is 0.314 e. The van der Waals surface area contributed by atoms with Gasteiger partial charge in [0.25, 0.3) is 0 Å². The zero-order valence-corrected chi connectivity index (χ0v) is 12.0. The lowest BCUT2D eigenvalue weighted by molar-refractivity contribution is 0.0784. The first-order valence-electron chi connectivity index (χ1n) is 8.30. The molecule has 2 nitrogen and oxygen atoms in total.